The van der Waals surface area contributed by atoms with E-state index in [4.69, 9.17) is 0 Å². The molecule has 0 saturated heterocycles. The van der Waals surface area contributed by atoms with Crippen molar-refractivity contribution in [3.63, 3.8) is 0 Å². The van der Waals surface area contributed by atoms with E-state index in [9.17, 15) is 13.2 Å². The van der Waals surface area contributed by atoms with Crippen LogP contribution in [-0.2, 0) is 16.4 Å². The SMILES string of the molecule is CC(=O)c1ccc(CCNS(=O)(=O)c2ccc3ccccc3c2)s1. The highest BCUT2D eigenvalue weighted by Gasteiger charge is 2.14. The lowest BCUT2D eigenvalue weighted by Crippen LogP contribution is -2.25. The Bertz CT molecular complexity index is 990. The zero-order chi connectivity index (χ0) is 17.2. The molecule has 0 aliphatic rings. The average molecular weight is 359 g/mol. The van der Waals surface area contributed by atoms with Crippen molar-refractivity contribution in [1.29, 1.82) is 0 Å². The van der Waals surface area contributed by atoms with Crippen molar-refractivity contribution in [2.75, 3.05) is 6.54 Å². The van der Waals surface area contributed by atoms with E-state index >= 15 is 0 Å². The molecule has 1 heterocycles. The van der Waals surface area contributed by atoms with Crippen molar-refractivity contribution < 1.29 is 13.2 Å². The molecule has 4 nitrogen and oxygen atoms in total. The van der Waals surface area contributed by atoms with E-state index in [-0.39, 0.29) is 10.7 Å². The standard InChI is InChI=1S/C18H17NO3S2/c1-13(20)18-9-7-16(23-18)10-11-19-24(21,22)17-8-6-14-4-2-3-5-15(14)12-17/h2-9,12,19H,10-11H2,1H3. The van der Waals surface area contributed by atoms with E-state index in [1.807, 2.05) is 36.4 Å². The van der Waals surface area contributed by atoms with Crippen molar-refractivity contribution >= 4 is 37.9 Å². The Balaban J connectivity index is 1.69. The lowest BCUT2D eigenvalue weighted by atomic mass is 10.1. The summed E-state index contributed by atoms with van der Waals surface area (Å²) < 4.78 is 27.5. The van der Waals surface area contributed by atoms with Crippen LogP contribution < -0.4 is 4.72 Å². The minimum atomic E-state index is -3.54. The van der Waals surface area contributed by atoms with Gasteiger partial charge in [0, 0.05) is 11.4 Å². The van der Waals surface area contributed by atoms with Gasteiger partial charge in [-0.15, -0.1) is 11.3 Å². The molecule has 0 aliphatic heterocycles. The highest BCUT2D eigenvalue weighted by Crippen LogP contribution is 2.20. The molecule has 0 atom stereocenters. The first-order chi connectivity index (χ1) is 11.5. The average Bonchev–Trinajstić information content (AvgIpc) is 3.03. The van der Waals surface area contributed by atoms with Crippen molar-refractivity contribution in [3.8, 4) is 0 Å². The predicted molar refractivity (Wildman–Crippen MR) is 97.2 cm³/mol. The number of carbonyl (C=O) groups is 1. The Morgan fingerprint density at radius 1 is 1.04 bits per heavy atom. The Hall–Kier alpha value is -2.02. The zero-order valence-electron chi connectivity index (χ0n) is 13.2. The summed E-state index contributed by atoms with van der Waals surface area (Å²) in [7, 11) is -3.54. The van der Waals surface area contributed by atoms with Crippen LogP contribution in [0, 0.1) is 0 Å². The fourth-order valence-electron chi connectivity index (χ4n) is 2.43. The third-order valence-electron chi connectivity index (χ3n) is 3.70. The number of hydrogen-bond acceptors (Lipinski definition) is 4. The number of Topliss-reactive ketones (excluding diaryl/α,β-unsaturated/α-hetero) is 1. The van der Waals surface area contributed by atoms with Crippen molar-refractivity contribution in [3.05, 3.63) is 64.4 Å². The molecule has 0 aliphatic carbocycles. The van der Waals surface area contributed by atoms with E-state index in [1.165, 1.54) is 18.3 Å². The van der Waals surface area contributed by atoms with Crippen LogP contribution in [0.2, 0.25) is 0 Å². The van der Waals surface area contributed by atoms with Gasteiger partial charge in [-0.3, -0.25) is 4.79 Å². The first-order valence-corrected chi connectivity index (χ1v) is 9.84. The molecule has 0 radical (unpaired) electrons. The fraction of sp³-hybridized carbons (Fsp3) is 0.167. The molecule has 0 fully saturated rings. The summed E-state index contributed by atoms with van der Waals surface area (Å²) in [5.74, 6) is 0.0306. The second-order valence-electron chi connectivity index (χ2n) is 5.48. The van der Waals surface area contributed by atoms with Crippen LogP contribution >= 0.6 is 11.3 Å². The largest absolute Gasteiger partial charge is 0.294 e. The van der Waals surface area contributed by atoms with E-state index in [0.29, 0.717) is 17.8 Å². The summed E-state index contributed by atoms with van der Waals surface area (Å²) >= 11 is 1.40. The first kappa shape index (κ1) is 16.8. The molecule has 0 saturated carbocycles. The van der Waals surface area contributed by atoms with Crippen molar-refractivity contribution in [2.45, 2.75) is 18.2 Å². The van der Waals surface area contributed by atoms with Gasteiger partial charge in [-0.1, -0.05) is 30.3 Å². The quantitative estimate of drug-likeness (QED) is 0.684. The van der Waals surface area contributed by atoms with E-state index in [1.54, 1.807) is 18.2 Å². The van der Waals surface area contributed by atoms with Crippen LogP contribution in [0.5, 0.6) is 0 Å². The summed E-state index contributed by atoms with van der Waals surface area (Å²) in [5.41, 5.74) is 0. The Labute approximate surface area is 145 Å². The number of fused-ring (bicyclic) bond motifs is 1. The lowest BCUT2D eigenvalue weighted by Gasteiger charge is -2.07. The number of benzene rings is 2. The maximum atomic E-state index is 12.4. The van der Waals surface area contributed by atoms with Crippen LogP contribution in [0.4, 0.5) is 0 Å². The van der Waals surface area contributed by atoms with Gasteiger partial charge in [-0.25, -0.2) is 13.1 Å². The van der Waals surface area contributed by atoms with Crippen LogP contribution in [0.15, 0.2) is 59.5 Å². The molecule has 2 aromatic carbocycles. The van der Waals surface area contributed by atoms with Crippen LogP contribution in [-0.4, -0.2) is 20.7 Å². The van der Waals surface area contributed by atoms with Crippen LogP contribution in [0.3, 0.4) is 0 Å². The van der Waals surface area contributed by atoms with Gasteiger partial charge >= 0.3 is 0 Å². The fourth-order valence-corrected chi connectivity index (χ4v) is 4.40. The molecule has 0 bridgehead atoms. The van der Waals surface area contributed by atoms with Gasteiger partial charge in [-0.2, -0.15) is 0 Å². The normalized spacial score (nSPS) is 11.7. The molecule has 3 aromatic rings. The van der Waals surface area contributed by atoms with Gasteiger partial charge in [0.2, 0.25) is 10.0 Å². The van der Waals surface area contributed by atoms with E-state index in [2.05, 4.69) is 4.72 Å². The molecule has 0 spiro atoms. The molecule has 6 heteroatoms. The highest BCUT2D eigenvalue weighted by atomic mass is 32.2. The monoisotopic (exact) mass is 359 g/mol. The highest BCUT2D eigenvalue weighted by molar-refractivity contribution is 7.89. The van der Waals surface area contributed by atoms with Gasteiger partial charge < -0.3 is 0 Å². The molecule has 3 rings (SSSR count). The molecule has 0 amide bonds. The number of sulfonamides is 1. The molecule has 24 heavy (non-hydrogen) atoms. The Morgan fingerprint density at radius 3 is 2.50 bits per heavy atom. The Kier molecular flexibility index (Phi) is 4.80. The van der Waals surface area contributed by atoms with Crippen LogP contribution in [0.1, 0.15) is 21.5 Å². The minimum Gasteiger partial charge on any atom is -0.294 e. The number of hydrogen-bond donors (Lipinski definition) is 1. The van der Waals surface area contributed by atoms with Crippen LogP contribution in [0.25, 0.3) is 10.8 Å². The maximum Gasteiger partial charge on any atom is 0.240 e. The molecule has 1 aromatic heterocycles. The van der Waals surface area contributed by atoms with Gasteiger partial charge in [0.25, 0.3) is 0 Å². The minimum absolute atomic E-state index is 0.0306. The third kappa shape index (κ3) is 3.72. The van der Waals surface area contributed by atoms with Gasteiger partial charge in [0.1, 0.15) is 0 Å². The van der Waals surface area contributed by atoms with Gasteiger partial charge in [0.15, 0.2) is 5.78 Å². The number of carbonyl (C=O) groups excluding carboxylic acids is 1. The van der Waals surface area contributed by atoms with E-state index in [0.717, 1.165) is 15.6 Å². The second-order valence-corrected chi connectivity index (χ2v) is 8.41. The lowest BCUT2D eigenvalue weighted by molar-refractivity contribution is 0.102. The molecular weight excluding hydrogens is 342 g/mol. The summed E-state index contributed by atoms with van der Waals surface area (Å²) in [5, 5.41) is 1.90. The van der Waals surface area contributed by atoms with E-state index < -0.39 is 10.0 Å². The molecular formula is C18H17NO3S2. The second kappa shape index (κ2) is 6.84. The number of nitrogens with one attached hydrogen (secondary N) is 1. The summed E-state index contributed by atoms with van der Waals surface area (Å²) in [6.07, 6.45) is 0.560. The van der Waals surface area contributed by atoms with Gasteiger partial charge in [-0.05, 0) is 48.4 Å². The smallest absolute Gasteiger partial charge is 0.240 e. The molecule has 1 N–H and O–H groups in total. The number of rotatable bonds is 6. The van der Waals surface area contributed by atoms with Gasteiger partial charge in [0.05, 0.1) is 9.77 Å². The third-order valence-corrected chi connectivity index (χ3v) is 6.41. The number of thiophene rings is 1. The maximum absolute atomic E-state index is 12.4. The summed E-state index contributed by atoms with van der Waals surface area (Å²) in [4.78, 5) is 13.2. The van der Waals surface area contributed by atoms with Crippen molar-refractivity contribution in [2.24, 2.45) is 0 Å². The summed E-state index contributed by atoms with van der Waals surface area (Å²) in [6, 6.07) is 16.4. The zero-order valence-corrected chi connectivity index (χ0v) is 14.8. The molecule has 124 valence electrons. The Morgan fingerprint density at radius 2 is 1.79 bits per heavy atom. The topological polar surface area (TPSA) is 63.2 Å². The molecule has 0 unspecified atom stereocenters. The predicted octanol–water partition coefficient (Wildman–Crippen LogP) is 3.62. The number of ketones is 1. The summed E-state index contributed by atoms with van der Waals surface area (Å²) in [6.45, 7) is 1.82. The first-order valence-electron chi connectivity index (χ1n) is 7.54. The van der Waals surface area contributed by atoms with Crippen molar-refractivity contribution in [1.82, 2.24) is 4.72 Å².